The minimum Gasteiger partial charge on any atom is -0.468 e. The molecule has 118 valence electrons. The number of hydrogen-bond acceptors (Lipinski definition) is 4. The first-order valence-corrected chi connectivity index (χ1v) is 8.18. The highest BCUT2D eigenvalue weighted by Gasteiger charge is 2.32. The quantitative estimate of drug-likeness (QED) is 0.549. The van der Waals surface area contributed by atoms with Crippen LogP contribution in [-0.2, 0) is 9.53 Å². The number of ether oxygens (including phenoxy) is 1. The maximum atomic E-state index is 11.9. The number of carbonyl (C=O) groups excluding carboxylic acids is 1. The molecule has 1 saturated heterocycles. The number of unbranched alkanes of at least 4 members (excludes halogenated alkanes) is 1. The predicted molar refractivity (Wildman–Crippen MR) is 82.9 cm³/mol. The van der Waals surface area contributed by atoms with E-state index in [1.54, 1.807) is 0 Å². The molecule has 1 aliphatic heterocycles. The van der Waals surface area contributed by atoms with Gasteiger partial charge in [-0.05, 0) is 65.2 Å². The van der Waals surface area contributed by atoms with Crippen molar-refractivity contribution in [2.24, 2.45) is 0 Å². The Morgan fingerprint density at radius 3 is 2.40 bits per heavy atom. The fraction of sp³-hybridized carbons (Fsp3) is 0.938. The molecule has 1 aliphatic rings. The van der Waals surface area contributed by atoms with E-state index in [0.29, 0.717) is 0 Å². The monoisotopic (exact) mass is 284 g/mol. The van der Waals surface area contributed by atoms with Crippen molar-refractivity contribution in [3.8, 4) is 0 Å². The molecule has 0 aromatic rings. The van der Waals surface area contributed by atoms with Crippen LogP contribution in [0.25, 0.3) is 0 Å². The number of likely N-dealkylation sites (tertiary alicyclic amines) is 1. The van der Waals surface area contributed by atoms with Crippen LogP contribution in [0.1, 0.15) is 58.8 Å². The Hall–Kier alpha value is -0.610. The Morgan fingerprint density at radius 1 is 1.20 bits per heavy atom. The lowest BCUT2D eigenvalue weighted by Gasteiger charge is -2.28. The van der Waals surface area contributed by atoms with Crippen LogP contribution in [-0.4, -0.2) is 49.7 Å². The van der Waals surface area contributed by atoms with E-state index in [1.165, 1.54) is 52.4 Å². The van der Waals surface area contributed by atoms with E-state index in [-0.39, 0.29) is 5.97 Å². The average molecular weight is 284 g/mol. The smallest absolute Gasteiger partial charge is 0.325 e. The number of hydrogen-bond donors (Lipinski definition) is 1. The van der Waals surface area contributed by atoms with E-state index in [4.69, 9.17) is 4.74 Å². The van der Waals surface area contributed by atoms with E-state index < -0.39 is 5.54 Å². The van der Waals surface area contributed by atoms with Crippen molar-refractivity contribution in [2.75, 3.05) is 33.3 Å². The summed E-state index contributed by atoms with van der Waals surface area (Å²) in [4.78, 5) is 14.4. The lowest BCUT2D eigenvalue weighted by Crippen LogP contribution is -2.50. The molecule has 0 aromatic carbocycles. The number of carbonyl (C=O) groups is 1. The summed E-state index contributed by atoms with van der Waals surface area (Å²) in [6.45, 7) is 8.44. The zero-order valence-corrected chi connectivity index (χ0v) is 13.5. The van der Waals surface area contributed by atoms with Crippen LogP contribution in [0.5, 0.6) is 0 Å². The molecule has 0 radical (unpaired) electrons. The molecule has 1 atom stereocenters. The first kappa shape index (κ1) is 17.4. The van der Waals surface area contributed by atoms with Crippen LogP contribution >= 0.6 is 0 Å². The van der Waals surface area contributed by atoms with E-state index in [1.807, 2.05) is 13.8 Å². The Morgan fingerprint density at radius 2 is 1.85 bits per heavy atom. The first-order valence-electron chi connectivity index (χ1n) is 8.18. The van der Waals surface area contributed by atoms with Crippen molar-refractivity contribution in [3.05, 3.63) is 0 Å². The Balaban J connectivity index is 2.27. The lowest BCUT2D eigenvalue weighted by atomic mass is 9.94. The van der Waals surface area contributed by atoms with Crippen LogP contribution in [0.2, 0.25) is 0 Å². The molecule has 20 heavy (non-hydrogen) atoms. The molecular formula is C16H32N2O2. The summed E-state index contributed by atoms with van der Waals surface area (Å²) in [6, 6.07) is 0. The van der Waals surface area contributed by atoms with E-state index >= 15 is 0 Å². The topological polar surface area (TPSA) is 41.6 Å². The number of methoxy groups -OCH3 is 1. The van der Waals surface area contributed by atoms with Gasteiger partial charge in [0.05, 0.1) is 7.11 Å². The third-order valence-electron chi connectivity index (χ3n) is 4.30. The molecule has 1 unspecified atom stereocenters. The molecule has 0 aromatic heterocycles. The zero-order valence-electron chi connectivity index (χ0n) is 13.5. The molecule has 0 aliphatic carbocycles. The van der Waals surface area contributed by atoms with E-state index in [2.05, 4.69) is 10.2 Å². The molecule has 0 bridgehead atoms. The van der Waals surface area contributed by atoms with Gasteiger partial charge in [-0.2, -0.15) is 0 Å². The van der Waals surface area contributed by atoms with Gasteiger partial charge in [-0.25, -0.2) is 0 Å². The SMILES string of the molecule is CCNC(C)(CCCCN1CCCCCC1)C(=O)OC. The molecule has 1 rings (SSSR count). The second-order valence-corrected chi connectivity index (χ2v) is 6.07. The van der Waals surface area contributed by atoms with Gasteiger partial charge in [0.2, 0.25) is 0 Å². The van der Waals surface area contributed by atoms with Gasteiger partial charge in [0.15, 0.2) is 0 Å². The van der Waals surface area contributed by atoms with Crippen LogP contribution in [0.4, 0.5) is 0 Å². The van der Waals surface area contributed by atoms with Gasteiger partial charge in [-0.3, -0.25) is 4.79 Å². The highest BCUT2D eigenvalue weighted by Crippen LogP contribution is 2.17. The van der Waals surface area contributed by atoms with Crippen LogP contribution in [0.3, 0.4) is 0 Å². The molecule has 4 heteroatoms. The summed E-state index contributed by atoms with van der Waals surface area (Å²) in [6.07, 6.45) is 8.54. The molecule has 0 spiro atoms. The summed E-state index contributed by atoms with van der Waals surface area (Å²) in [5.41, 5.74) is -0.526. The highest BCUT2D eigenvalue weighted by molar-refractivity contribution is 5.80. The third-order valence-corrected chi connectivity index (χ3v) is 4.30. The Kier molecular flexibility index (Phi) is 8.15. The van der Waals surface area contributed by atoms with Crippen molar-refractivity contribution in [2.45, 2.75) is 64.3 Å². The molecule has 4 nitrogen and oxygen atoms in total. The van der Waals surface area contributed by atoms with Gasteiger partial charge in [-0.15, -0.1) is 0 Å². The molecular weight excluding hydrogens is 252 g/mol. The third kappa shape index (κ3) is 5.80. The van der Waals surface area contributed by atoms with Gasteiger partial charge in [0.1, 0.15) is 5.54 Å². The second kappa shape index (κ2) is 9.35. The van der Waals surface area contributed by atoms with Crippen molar-refractivity contribution >= 4 is 5.97 Å². The van der Waals surface area contributed by atoms with Crippen LogP contribution in [0.15, 0.2) is 0 Å². The number of likely N-dealkylation sites (N-methyl/N-ethyl adjacent to an activating group) is 1. The average Bonchev–Trinajstić information content (AvgIpc) is 2.71. The van der Waals surface area contributed by atoms with E-state index in [9.17, 15) is 4.79 Å². The number of rotatable bonds is 8. The fourth-order valence-corrected chi connectivity index (χ4v) is 3.05. The van der Waals surface area contributed by atoms with Crippen LogP contribution < -0.4 is 5.32 Å². The standard InChI is InChI=1S/C16H32N2O2/c1-4-17-16(2,15(19)20-3)11-7-10-14-18-12-8-5-6-9-13-18/h17H,4-14H2,1-3H3. The van der Waals surface area contributed by atoms with Crippen molar-refractivity contribution in [1.82, 2.24) is 10.2 Å². The number of nitrogens with one attached hydrogen (secondary N) is 1. The Bertz CT molecular complexity index is 276. The van der Waals surface area contributed by atoms with Crippen molar-refractivity contribution in [3.63, 3.8) is 0 Å². The molecule has 1 heterocycles. The zero-order chi connectivity index (χ0) is 14.8. The minimum absolute atomic E-state index is 0.144. The molecule has 1 N–H and O–H groups in total. The van der Waals surface area contributed by atoms with Crippen molar-refractivity contribution < 1.29 is 9.53 Å². The van der Waals surface area contributed by atoms with Gasteiger partial charge in [0, 0.05) is 0 Å². The van der Waals surface area contributed by atoms with Gasteiger partial charge in [-0.1, -0.05) is 19.8 Å². The summed E-state index contributed by atoms with van der Waals surface area (Å²) in [5, 5.41) is 3.27. The molecule has 0 saturated carbocycles. The molecule has 0 amide bonds. The maximum absolute atomic E-state index is 11.9. The number of esters is 1. The molecule has 1 fully saturated rings. The summed E-state index contributed by atoms with van der Waals surface area (Å²) >= 11 is 0. The predicted octanol–water partition coefficient (Wildman–Crippen LogP) is 2.57. The maximum Gasteiger partial charge on any atom is 0.325 e. The van der Waals surface area contributed by atoms with Gasteiger partial charge < -0.3 is 15.0 Å². The minimum atomic E-state index is -0.526. The summed E-state index contributed by atoms with van der Waals surface area (Å²) in [5.74, 6) is -0.144. The first-order chi connectivity index (χ1) is 9.62. The summed E-state index contributed by atoms with van der Waals surface area (Å²) in [7, 11) is 1.47. The normalized spacial score (nSPS) is 20.1. The van der Waals surface area contributed by atoms with E-state index in [0.717, 1.165) is 25.8 Å². The number of nitrogens with zero attached hydrogens (tertiary/aromatic N) is 1. The van der Waals surface area contributed by atoms with Crippen molar-refractivity contribution in [1.29, 1.82) is 0 Å². The van der Waals surface area contributed by atoms with Gasteiger partial charge in [0.25, 0.3) is 0 Å². The van der Waals surface area contributed by atoms with Crippen LogP contribution in [0, 0.1) is 0 Å². The highest BCUT2D eigenvalue weighted by atomic mass is 16.5. The summed E-state index contributed by atoms with van der Waals surface area (Å²) < 4.78 is 4.92. The lowest BCUT2D eigenvalue weighted by molar-refractivity contribution is -0.148. The van der Waals surface area contributed by atoms with Gasteiger partial charge >= 0.3 is 5.97 Å². The largest absolute Gasteiger partial charge is 0.468 e. The fourth-order valence-electron chi connectivity index (χ4n) is 3.05. The Labute approximate surface area is 124 Å². The second-order valence-electron chi connectivity index (χ2n) is 6.07.